The Kier molecular flexibility index (Phi) is 4.97. The maximum absolute atomic E-state index is 10.9. The first-order valence-corrected chi connectivity index (χ1v) is 5.93. The molecule has 3 N–H and O–H groups in total. The molecular formula is C13H19NO3. The predicted octanol–water partition coefficient (Wildman–Crippen LogP) is 1.95. The molecule has 0 saturated carbocycles. The molecule has 4 heteroatoms. The first kappa shape index (κ1) is 13.5. The van der Waals surface area contributed by atoms with E-state index in [1.165, 1.54) is 0 Å². The first-order valence-electron chi connectivity index (χ1n) is 5.93. The summed E-state index contributed by atoms with van der Waals surface area (Å²) in [6.45, 7) is 4.72. The number of phenolic OH excluding ortho intramolecular Hbond substituents is 1. The van der Waals surface area contributed by atoms with Crippen molar-refractivity contribution in [1.82, 2.24) is 5.32 Å². The standard InChI is InChI=1S/C11H13NO3.C2H6/c13-8-3-1-7(2-4-8)9-5-6-12-10(9)11(14)15;1-2/h1-4,9-10,12-13H,5-6H2,(H,14,15);1-2H3. The number of carboxylic acids is 1. The summed E-state index contributed by atoms with van der Waals surface area (Å²) in [6.07, 6.45) is 0.821. The highest BCUT2D eigenvalue weighted by molar-refractivity contribution is 5.75. The second-order valence-electron chi connectivity index (χ2n) is 3.76. The van der Waals surface area contributed by atoms with Crippen LogP contribution in [0.3, 0.4) is 0 Å². The van der Waals surface area contributed by atoms with Crippen LogP contribution in [0.4, 0.5) is 0 Å². The van der Waals surface area contributed by atoms with E-state index in [0.29, 0.717) is 0 Å². The van der Waals surface area contributed by atoms with Gasteiger partial charge in [-0.2, -0.15) is 0 Å². The minimum absolute atomic E-state index is 0.00287. The van der Waals surface area contributed by atoms with Crippen molar-refractivity contribution < 1.29 is 15.0 Å². The van der Waals surface area contributed by atoms with E-state index in [9.17, 15) is 4.79 Å². The van der Waals surface area contributed by atoms with Crippen molar-refractivity contribution in [2.45, 2.75) is 32.2 Å². The normalized spacial score (nSPS) is 22.7. The van der Waals surface area contributed by atoms with Gasteiger partial charge in [0.15, 0.2) is 0 Å². The van der Waals surface area contributed by atoms with Gasteiger partial charge >= 0.3 is 5.97 Å². The van der Waals surface area contributed by atoms with Gasteiger partial charge in [0, 0.05) is 5.92 Å². The van der Waals surface area contributed by atoms with Crippen molar-refractivity contribution >= 4 is 5.97 Å². The Morgan fingerprint density at radius 2 is 1.88 bits per heavy atom. The summed E-state index contributed by atoms with van der Waals surface area (Å²) in [5.74, 6) is -0.606. The molecule has 0 spiro atoms. The number of benzene rings is 1. The molecule has 2 rings (SSSR count). The van der Waals surface area contributed by atoms with Crippen LogP contribution in [0, 0.1) is 0 Å². The molecule has 4 nitrogen and oxygen atoms in total. The average molecular weight is 237 g/mol. The molecule has 0 bridgehead atoms. The molecule has 94 valence electrons. The fraction of sp³-hybridized carbons (Fsp3) is 0.462. The van der Waals surface area contributed by atoms with Crippen molar-refractivity contribution in [1.29, 1.82) is 0 Å². The fourth-order valence-electron chi connectivity index (χ4n) is 2.04. The lowest BCUT2D eigenvalue weighted by Crippen LogP contribution is -2.34. The minimum Gasteiger partial charge on any atom is -0.508 e. The molecule has 1 aliphatic rings. The summed E-state index contributed by atoms with van der Waals surface area (Å²) in [5.41, 5.74) is 0.963. The monoisotopic (exact) mass is 237 g/mol. The number of nitrogens with one attached hydrogen (secondary N) is 1. The van der Waals surface area contributed by atoms with Gasteiger partial charge < -0.3 is 15.5 Å². The lowest BCUT2D eigenvalue weighted by molar-refractivity contribution is -0.139. The number of aliphatic carboxylic acids is 1. The highest BCUT2D eigenvalue weighted by Crippen LogP contribution is 2.28. The lowest BCUT2D eigenvalue weighted by Gasteiger charge is -2.15. The molecule has 1 aromatic rings. The number of aromatic hydroxyl groups is 1. The Morgan fingerprint density at radius 1 is 1.29 bits per heavy atom. The topological polar surface area (TPSA) is 69.6 Å². The van der Waals surface area contributed by atoms with Gasteiger partial charge in [-0.3, -0.25) is 4.79 Å². The zero-order valence-corrected chi connectivity index (χ0v) is 10.2. The summed E-state index contributed by atoms with van der Waals surface area (Å²) in [5, 5.41) is 21.1. The van der Waals surface area contributed by atoms with Crippen LogP contribution in [-0.2, 0) is 4.79 Å². The van der Waals surface area contributed by atoms with Gasteiger partial charge in [0.1, 0.15) is 11.8 Å². The Morgan fingerprint density at radius 3 is 2.41 bits per heavy atom. The third-order valence-electron chi connectivity index (χ3n) is 2.81. The first-order chi connectivity index (χ1) is 8.18. The van der Waals surface area contributed by atoms with E-state index < -0.39 is 12.0 Å². The van der Waals surface area contributed by atoms with E-state index in [1.54, 1.807) is 24.3 Å². The lowest BCUT2D eigenvalue weighted by atomic mass is 9.92. The van der Waals surface area contributed by atoms with E-state index >= 15 is 0 Å². The maximum atomic E-state index is 10.9. The third kappa shape index (κ3) is 3.20. The minimum atomic E-state index is -0.814. The van der Waals surface area contributed by atoms with Crippen molar-refractivity contribution in [3.05, 3.63) is 29.8 Å². The van der Waals surface area contributed by atoms with Crippen LogP contribution >= 0.6 is 0 Å². The maximum Gasteiger partial charge on any atom is 0.321 e. The number of hydrogen-bond donors (Lipinski definition) is 3. The molecule has 2 unspecified atom stereocenters. The van der Waals surface area contributed by atoms with Crippen molar-refractivity contribution in [2.24, 2.45) is 0 Å². The molecule has 2 atom stereocenters. The van der Waals surface area contributed by atoms with Gasteiger partial charge in [0.25, 0.3) is 0 Å². The summed E-state index contributed by atoms with van der Waals surface area (Å²) >= 11 is 0. The second-order valence-corrected chi connectivity index (χ2v) is 3.76. The van der Waals surface area contributed by atoms with Crippen molar-refractivity contribution in [3.8, 4) is 5.75 Å². The Labute approximate surface area is 101 Å². The third-order valence-corrected chi connectivity index (χ3v) is 2.81. The van der Waals surface area contributed by atoms with Crippen LogP contribution in [-0.4, -0.2) is 28.8 Å². The number of phenols is 1. The van der Waals surface area contributed by atoms with Gasteiger partial charge in [0.05, 0.1) is 0 Å². The fourth-order valence-corrected chi connectivity index (χ4v) is 2.04. The zero-order chi connectivity index (χ0) is 12.8. The average Bonchev–Trinajstić information content (AvgIpc) is 2.82. The Bertz CT molecular complexity index is 361. The molecule has 1 saturated heterocycles. The zero-order valence-electron chi connectivity index (χ0n) is 10.2. The predicted molar refractivity (Wildman–Crippen MR) is 66.2 cm³/mol. The molecule has 0 amide bonds. The van der Waals surface area contributed by atoms with Crippen molar-refractivity contribution in [3.63, 3.8) is 0 Å². The molecule has 0 aromatic heterocycles. The van der Waals surface area contributed by atoms with Gasteiger partial charge in [0.2, 0.25) is 0 Å². The smallest absolute Gasteiger partial charge is 0.321 e. The molecule has 1 fully saturated rings. The molecular weight excluding hydrogens is 218 g/mol. The Balaban J connectivity index is 0.000000686. The van der Waals surface area contributed by atoms with Crippen LogP contribution in [0.25, 0.3) is 0 Å². The number of carbonyl (C=O) groups is 1. The molecule has 1 aliphatic heterocycles. The van der Waals surface area contributed by atoms with E-state index in [0.717, 1.165) is 18.5 Å². The summed E-state index contributed by atoms with van der Waals surface area (Å²) in [7, 11) is 0. The second kappa shape index (κ2) is 6.25. The largest absolute Gasteiger partial charge is 0.508 e. The molecule has 1 aromatic carbocycles. The van der Waals surface area contributed by atoms with Crippen molar-refractivity contribution in [2.75, 3.05) is 6.54 Å². The summed E-state index contributed by atoms with van der Waals surface area (Å²) in [6, 6.07) is 6.24. The summed E-state index contributed by atoms with van der Waals surface area (Å²) < 4.78 is 0. The molecule has 17 heavy (non-hydrogen) atoms. The van der Waals surface area contributed by atoms with E-state index in [4.69, 9.17) is 10.2 Å². The van der Waals surface area contributed by atoms with Crippen LogP contribution in [0.1, 0.15) is 31.7 Å². The van der Waals surface area contributed by atoms with Gasteiger partial charge in [-0.05, 0) is 30.7 Å². The molecule has 0 radical (unpaired) electrons. The van der Waals surface area contributed by atoms with Crippen LogP contribution in [0.15, 0.2) is 24.3 Å². The quantitative estimate of drug-likeness (QED) is 0.735. The van der Waals surface area contributed by atoms with Crippen LogP contribution in [0.2, 0.25) is 0 Å². The number of carboxylic acid groups (broad SMARTS) is 1. The number of rotatable bonds is 2. The number of hydrogen-bond acceptors (Lipinski definition) is 3. The van der Waals surface area contributed by atoms with Gasteiger partial charge in [-0.1, -0.05) is 26.0 Å². The Hall–Kier alpha value is -1.55. The molecule has 0 aliphatic carbocycles. The molecule has 1 heterocycles. The SMILES string of the molecule is CC.O=C(O)C1NCCC1c1ccc(O)cc1. The van der Waals surface area contributed by atoms with E-state index in [1.807, 2.05) is 13.8 Å². The van der Waals surface area contributed by atoms with E-state index in [-0.39, 0.29) is 11.7 Å². The highest BCUT2D eigenvalue weighted by Gasteiger charge is 2.33. The van der Waals surface area contributed by atoms with Crippen LogP contribution < -0.4 is 5.32 Å². The van der Waals surface area contributed by atoms with Crippen LogP contribution in [0.5, 0.6) is 5.75 Å². The van der Waals surface area contributed by atoms with E-state index in [2.05, 4.69) is 5.32 Å². The summed E-state index contributed by atoms with van der Waals surface area (Å²) in [4.78, 5) is 10.9. The van der Waals surface area contributed by atoms with Gasteiger partial charge in [-0.25, -0.2) is 0 Å². The highest BCUT2D eigenvalue weighted by atomic mass is 16.4. The van der Waals surface area contributed by atoms with Gasteiger partial charge in [-0.15, -0.1) is 0 Å².